The smallest absolute Gasteiger partial charge is 0.201 e. The third-order valence-electron chi connectivity index (χ3n) is 7.12. The van der Waals surface area contributed by atoms with Gasteiger partial charge in [-0.05, 0) is 78.9 Å². The van der Waals surface area contributed by atoms with Crippen LogP contribution in [0, 0.1) is 29.4 Å². The Morgan fingerprint density at radius 2 is 1.74 bits per heavy atom. The molecule has 0 aromatic heterocycles. The van der Waals surface area contributed by atoms with Crippen LogP contribution in [-0.4, -0.2) is 7.11 Å². The molecule has 0 bridgehead atoms. The molecule has 4 atom stereocenters. The standard InChI is InChI=1S/C24H30F2O/c1-3-4-15-5-6-17-12-18(8-7-16(17)11-15)19-9-10-20-14-22(27-2)24(26)23(25)21(20)13-19/h9-10,13-18H,3-8,11-12H2,1-2H3/t15?,16-,17?,18-/m1/s1. The Bertz CT molecular complexity index is 816. The number of benzene rings is 2. The molecule has 0 radical (unpaired) electrons. The molecule has 2 aromatic rings. The highest BCUT2D eigenvalue weighted by Crippen LogP contribution is 2.48. The quantitative estimate of drug-likeness (QED) is 0.550. The molecule has 0 amide bonds. The molecule has 4 rings (SSSR count). The van der Waals surface area contributed by atoms with E-state index in [0.717, 1.165) is 17.8 Å². The molecule has 3 heteroatoms. The first-order chi connectivity index (χ1) is 13.1. The average Bonchev–Trinajstić information content (AvgIpc) is 2.70. The van der Waals surface area contributed by atoms with E-state index in [-0.39, 0.29) is 5.75 Å². The van der Waals surface area contributed by atoms with E-state index in [1.165, 1.54) is 64.0 Å². The summed E-state index contributed by atoms with van der Waals surface area (Å²) in [4.78, 5) is 0. The second kappa shape index (κ2) is 7.77. The first-order valence-corrected chi connectivity index (χ1v) is 10.6. The van der Waals surface area contributed by atoms with Gasteiger partial charge in [0.1, 0.15) is 0 Å². The van der Waals surface area contributed by atoms with Gasteiger partial charge >= 0.3 is 0 Å². The van der Waals surface area contributed by atoms with Crippen LogP contribution in [0.2, 0.25) is 0 Å². The van der Waals surface area contributed by atoms with E-state index < -0.39 is 11.6 Å². The van der Waals surface area contributed by atoms with E-state index in [0.29, 0.717) is 16.7 Å². The minimum Gasteiger partial charge on any atom is -0.494 e. The van der Waals surface area contributed by atoms with Gasteiger partial charge in [0.2, 0.25) is 5.82 Å². The lowest BCUT2D eigenvalue weighted by atomic mass is 9.63. The third-order valence-corrected chi connectivity index (χ3v) is 7.12. The van der Waals surface area contributed by atoms with Crippen molar-refractivity contribution in [2.45, 2.75) is 64.2 Å². The third kappa shape index (κ3) is 3.58. The molecule has 146 valence electrons. The molecule has 0 aliphatic heterocycles. The van der Waals surface area contributed by atoms with E-state index in [2.05, 4.69) is 13.0 Å². The molecule has 2 saturated carbocycles. The normalized spacial score (nSPS) is 28.1. The Morgan fingerprint density at radius 1 is 0.963 bits per heavy atom. The van der Waals surface area contributed by atoms with Crippen LogP contribution in [0.25, 0.3) is 10.8 Å². The monoisotopic (exact) mass is 372 g/mol. The molecule has 0 heterocycles. The fourth-order valence-corrected chi connectivity index (χ4v) is 5.68. The van der Waals surface area contributed by atoms with Gasteiger partial charge in [-0.15, -0.1) is 0 Å². The van der Waals surface area contributed by atoms with Crippen LogP contribution in [0.4, 0.5) is 8.78 Å². The zero-order valence-electron chi connectivity index (χ0n) is 16.4. The van der Waals surface area contributed by atoms with Crippen molar-refractivity contribution >= 4 is 10.8 Å². The van der Waals surface area contributed by atoms with Crippen LogP contribution in [0.15, 0.2) is 24.3 Å². The Hall–Kier alpha value is -1.64. The Kier molecular flexibility index (Phi) is 5.39. The highest BCUT2D eigenvalue weighted by atomic mass is 19.2. The number of halogens is 2. The first-order valence-electron chi connectivity index (χ1n) is 10.6. The zero-order chi connectivity index (χ0) is 19.0. The highest BCUT2D eigenvalue weighted by Gasteiger charge is 2.35. The van der Waals surface area contributed by atoms with Gasteiger partial charge in [0, 0.05) is 5.39 Å². The summed E-state index contributed by atoms with van der Waals surface area (Å²) in [5.41, 5.74) is 1.17. The van der Waals surface area contributed by atoms with E-state index in [1.54, 1.807) is 6.07 Å². The van der Waals surface area contributed by atoms with Gasteiger partial charge in [-0.1, -0.05) is 38.3 Å². The molecule has 1 nitrogen and oxygen atoms in total. The number of fused-ring (bicyclic) bond motifs is 2. The van der Waals surface area contributed by atoms with Gasteiger partial charge in [-0.2, -0.15) is 4.39 Å². The Labute approximate surface area is 161 Å². The lowest BCUT2D eigenvalue weighted by Gasteiger charge is -2.42. The first kappa shape index (κ1) is 18.7. The van der Waals surface area contributed by atoms with Crippen LogP contribution < -0.4 is 4.74 Å². The average molecular weight is 372 g/mol. The summed E-state index contributed by atoms with van der Waals surface area (Å²) < 4.78 is 33.6. The molecule has 0 saturated heterocycles. The number of hydrogen-bond donors (Lipinski definition) is 0. The van der Waals surface area contributed by atoms with Gasteiger partial charge in [0.15, 0.2) is 11.6 Å². The maximum atomic E-state index is 14.5. The van der Waals surface area contributed by atoms with Crippen molar-refractivity contribution in [3.63, 3.8) is 0 Å². The van der Waals surface area contributed by atoms with Gasteiger partial charge in [0.05, 0.1) is 7.11 Å². The Balaban J connectivity index is 1.54. The number of rotatable bonds is 4. The maximum Gasteiger partial charge on any atom is 0.201 e. The fraction of sp³-hybridized carbons (Fsp3) is 0.583. The summed E-state index contributed by atoms with van der Waals surface area (Å²) in [6, 6.07) is 7.48. The van der Waals surface area contributed by atoms with Gasteiger partial charge in [-0.25, -0.2) is 4.39 Å². The summed E-state index contributed by atoms with van der Waals surface area (Å²) in [6.07, 6.45) is 10.5. The van der Waals surface area contributed by atoms with E-state index in [9.17, 15) is 8.78 Å². The SMILES string of the molecule is CCCC1CCC2C[C@H](c3ccc4cc(OC)c(F)c(F)c4c3)CC[C@@H]2C1. The van der Waals surface area contributed by atoms with E-state index in [1.807, 2.05) is 12.1 Å². The second-order valence-electron chi connectivity index (χ2n) is 8.69. The molecule has 0 spiro atoms. The molecule has 2 fully saturated rings. The van der Waals surface area contributed by atoms with Gasteiger partial charge in [0.25, 0.3) is 0 Å². The van der Waals surface area contributed by atoms with Crippen LogP contribution in [-0.2, 0) is 0 Å². The molecule has 2 aromatic carbocycles. The van der Waals surface area contributed by atoms with Crippen molar-refractivity contribution in [1.82, 2.24) is 0 Å². The largest absolute Gasteiger partial charge is 0.494 e. The van der Waals surface area contributed by atoms with Gasteiger partial charge < -0.3 is 4.74 Å². The summed E-state index contributed by atoms with van der Waals surface area (Å²) in [6.45, 7) is 2.29. The topological polar surface area (TPSA) is 9.23 Å². The number of hydrogen-bond acceptors (Lipinski definition) is 1. The summed E-state index contributed by atoms with van der Waals surface area (Å²) in [5.74, 6) is 1.39. The van der Waals surface area contributed by atoms with Crippen molar-refractivity contribution < 1.29 is 13.5 Å². The van der Waals surface area contributed by atoms with Crippen LogP contribution in [0.5, 0.6) is 5.75 Å². The highest BCUT2D eigenvalue weighted by molar-refractivity contribution is 5.85. The molecule has 2 unspecified atom stereocenters. The molecule has 2 aliphatic carbocycles. The summed E-state index contributed by atoms with van der Waals surface area (Å²) in [7, 11) is 1.37. The van der Waals surface area contributed by atoms with Crippen molar-refractivity contribution in [2.24, 2.45) is 17.8 Å². The fourth-order valence-electron chi connectivity index (χ4n) is 5.68. The van der Waals surface area contributed by atoms with Crippen LogP contribution >= 0.6 is 0 Å². The zero-order valence-corrected chi connectivity index (χ0v) is 16.4. The molecule has 27 heavy (non-hydrogen) atoms. The lowest BCUT2D eigenvalue weighted by Crippen LogP contribution is -2.30. The predicted molar refractivity (Wildman–Crippen MR) is 106 cm³/mol. The predicted octanol–water partition coefficient (Wildman–Crippen LogP) is 7.23. The molecular weight excluding hydrogens is 342 g/mol. The second-order valence-corrected chi connectivity index (χ2v) is 8.69. The van der Waals surface area contributed by atoms with Crippen molar-refractivity contribution in [3.05, 3.63) is 41.5 Å². The van der Waals surface area contributed by atoms with Crippen molar-refractivity contribution in [1.29, 1.82) is 0 Å². The maximum absolute atomic E-state index is 14.5. The lowest BCUT2D eigenvalue weighted by molar-refractivity contribution is 0.114. The van der Waals surface area contributed by atoms with E-state index in [4.69, 9.17) is 4.74 Å². The van der Waals surface area contributed by atoms with Crippen molar-refractivity contribution in [3.8, 4) is 5.75 Å². The number of methoxy groups -OCH3 is 1. The molecule has 2 aliphatic rings. The van der Waals surface area contributed by atoms with Crippen LogP contribution in [0.1, 0.15) is 69.8 Å². The molecule has 0 N–H and O–H groups in total. The summed E-state index contributed by atoms with van der Waals surface area (Å²) in [5, 5.41) is 1.07. The van der Waals surface area contributed by atoms with Crippen molar-refractivity contribution in [2.75, 3.05) is 7.11 Å². The minimum absolute atomic E-state index is 0.0305. The van der Waals surface area contributed by atoms with Crippen LogP contribution in [0.3, 0.4) is 0 Å². The van der Waals surface area contributed by atoms with E-state index >= 15 is 0 Å². The summed E-state index contributed by atoms with van der Waals surface area (Å²) >= 11 is 0. The number of ether oxygens (including phenoxy) is 1. The molecular formula is C24H30F2O. The minimum atomic E-state index is -0.889. The van der Waals surface area contributed by atoms with Gasteiger partial charge in [-0.3, -0.25) is 0 Å². The Morgan fingerprint density at radius 3 is 2.52 bits per heavy atom.